The number of aryl methyl sites for hydroxylation is 1. The highest BCUT2D eigenvalue weighted by atomic mass is 16.5. The number of fused-ring (bicyclic) bond motifs is 1. The van der Waals surface area contributed by atoms with Crippen LogP contribution in [0, 0.1) is 6.92 Å². The molecule has 0 saturated carbocycles. The monoisotopic (exact) mass is 387 g/mol. The Bertz CT molecular complexity index is 818. The molecule has 0 bridgehead atoms. The minimum atomic E-state index is -0.139. The molecule has 2 heterocycles. The molecule has 152 valence electrons. The van der Waals surface area contributed by atoms with Crippen LogP contribution in [0.1, 0.15) is 47.3 Å². The zero-order chi connectivity index (χ0) is 20.1. The molecule has 1 aliphatic heterocycles. The first kappa shape index (κ1) is 20.4. The Morgan fingerprint density at radius 3 is 2.86 bits per heavy atom. The summed E-state index contributed by atoms with van der Waals surface area (Å²) in [6, 6.07) is 7.83. The molecule has 1 aromatic heterocycles. The summed E-state index contributed by atoms with van der Waals surface area (Å²) < 4.78 is 18.5. The maximum Gasteiger partial charge on any atom is 0.269 e. The zero-order valence-corrected chi connectivity index (χ0v) is 17.0. The topological polar surface area (TPSA) is 74.6 Å². The van der Waals surface area contributed by atoms with Gasteiger partial charge in [-0.2, -0.15) is 5.10 Å². The number of carbonyl (C=O) groups excluding carboxylic acids is 1. The van der Waals surface area contributed by atoms with Crippen molar-refractivity contribution in [1.82, 2.24) is 15.1 Å². The normalized spacial score (nSPS) is 18.6. The molecule has 3 rings (SSSR count). The number of methoxy groups -OCH3 is 1. The number of nitrogens with one attached hydrogen (secondary N) is 1. The van der Waals surface area contributed by atoms with Crippen LogP contribution in [0.2, 0.25) is 0 Å². The fourth-order valence-corrected chi connectivity index (χ4v) is 3.52. The lowest BCUT2D eigenvalue weighted by molar-refractivity contribution is -0.00716. The summed E-state index contributed by atoms with van der Waals surface area (Å²) in [6.07, 6.45) is 0.603. The minimum Gasteiger partial charge on any atom is -0.491 e. The van der Waals surface area contributed by atoms with Gasteiger partial charge in [0.05, 0.1) is 37.6 Å². The highest BCUT2D eigenvalue weighted by Gasteiger charge is 2.31. The van der Waals surface area contributed by atoms with Crippen LogP contribution in [0.25, 0.3) is 0 Å². The number of amides is 1. The van der Waals surface area contributed by atoms with E-state index in [9.17, 15) is 4.79 Å². The van der Waals surface area contributed by atoms with Gasteiger partial charge in [0, 0.05) is 19.1 Å². The van der Waals surface area contributed by atoms with Gasteiger partial charge in [0.25, 0.3) is 5.91 Å². The van der Waals surface area contributed by atoms with Gasteiger partial charge in [-0.15, -0.1) is 0 Å². The third kappa shape index (κ3) is 4.54. The van der Waals surface area contributed by atoms with Gasteiger partial charge in [-0.25, -0.2) is 0 Å². The molecular weight excluding hydrogens is 358 g/mol. The first-order valence-electron chi connectivity index (χ1n) is 9.71. The Morgan fingerprint density at radius 1 is 1.32 bits per heavy atom. The molecule has 1 amide bonds. The summed E-state index contributed by atoms with van der Waals surface area (Å²) >= 11 is 0. The minimum absolute atomic E-state index is 0.0542. The maximum absolute atomic E-state index is 12.9. The van der Waals surface area contributed by atoms with E-state index in [0.29, 0.717) is 38.4 Å². The molecule has 0 aliphatic carbocycles. The highest BCUT2D eigenvalue weighted by Crippen LogP contribution is 2.31. The quantitative estimate of drug-likeness (QED) is 0.705. The Labute approximate surface area is 166 Å². The van der Waals surface area contributed by atoms with Crippen molar-refractivity contribution in [2.45, 2.75) is 45.9 Å². The Morgan fingerprint density at radius 2 is 2.11 bits per heavy atom. The molecule has 0 spiro atoms. The van der Waals surface area contributed by atoms with Crippen LogP contribution in [-0.4, -0.2) is 48.7 Å². The number of hydrogen-bond donors (Lipinski definition) is 1. The summed E-state index contributed by atoms with van der Waals surface area (Å²) in [5, 5.41) is 7.60. The van der Waals surface area contributed by atoms with Crippen LogP contribution in [-0.2, 0) is 22.4 Å². The second-order valence-electron chi connectivity index (χ2n) is 7.09. The Balaban J connectivity index is 1.68. The third-order valence-electron chi connectivity index (χ3n) is 4.86. The first-order valence-corrected chi connectivity index (χ1v) is 9.71. The summed E-state index contributed by atoms with van der Waals surface area (Å²) in [6.45, 7) is 7.82. The Kier molecular flexibility index (Phi) is 6.70. The van der Waals surface area contributed by atoms with Crippen LogP contribution in [0.3, 0.4) is 0 Å². The van der Waals surface area contributed by atoms with Crippen LogP contribution < -0.4 is 10.1 Å². The van der Waals surface area contributed by atoms with E-state index >= 15 is 0 Å². The van der Waals surface area contributed by atoms with Crippen molar-refractivity contribution in [3.05, 3.63) is 46.8 Å². The van der Waals surface area contributed by atoms with Gasteiger partial charge in [0.2, 0.25) is 0 Å². The number of aromatic nitrogens is 2. The molecule has 7 nitrogen and oxygen atoms in total. The summed E-state index contributed by atoms with van der Waals surface area (Å²) in [7, 11) is 1.64. The average molecular weight is 387 g/mol. The van der Waals surface area contributed by atoms with Crippen LogP contribution in [0.5, 0.6) is 5.75 Å². The predicted octanol–water partition coefficient (Wildman–Crippen LogP) is 2.67. The van der Waals surface area contributed by atoms with E-state index in [2.05, 4.69) is 10.4 Å². The van der Waals surface area contributed by atoms with Crippen molar-refractivity contribution < 1.29 is 19.0 Å². The van der Waals surface area contributed by atoms with Crippen LogP contribution in [0.15, 0.2) is 24.3 Å². The highest BCUT2D eigenvalue weighted by molar-refractivity contribution is 5.94. The van der Waals surface area contributed by atoms with Crippen molar-refractivity contribution in [3.63, 3.8) is 0 Å². The lowest BCUT2D eigenvalue weighted by Gasteiger charge is -2.24. The van der Waals surface area contributed by atoms with E-state index in [0.717, 1.165) is 22.6 Å². The molecule has 2 atom stereocenters. The molecule has 0 radical (unpaired) electrons. The largest absolute Gasteiger partial charge is 0.491 e. The fraction of sp³-hybridized carbons (Fsp3) is 0.524. The van der Waals surface area contributed by atoms with Crippen molar-refractivity contribution in [3.8, 4) is 5.75 Å². The van der Waals surface area contributed by atoms with Gasteiger partial charge in [0.15, 0.2) is 0 Å². The fourth-order valence-electron chi connectivity index (χ4n) is 3.52. The van der Waals surface area contributed by atoms with Gasteiger partial charge in [-0.05, 0) is 32.4 Å². The first-order chi connectivity index (χ1) is 13.5. The molecule has 1 N–H and O–H groups in total. The number of rotatable bonds is 8. The van der Waals surface area contributed by atoms with Gasteiger partial charge < -0.3 is 19.5 Å². The van der Waals surface area contributed by atoms with Gasteiger partial charge in [-0.1, -0.05) is 18.2 Å². The van der Waals surface area contributed by atoms with Gasteiger partial charge in [0.1, 0.15) is 18.1 Å². The zero-order valence-electron chi connectivity index (χ0n) is 17.0. The van der Waals surface area contributed by atoms with Crippen molar-refractivity contribution in [1.29, 1.82) is 0 Å². The van der Waals surface area contributed by atoms with Crippen molar-refractivity contribution >= 4 is 5.91 Å². The van der Waals surface area contributed by atoms with Crippen LogP contribution >= 0.6 is 0 Å². The van der Waals surface area contributed by atoms with Crippen molar-refractivity contribution in [2.24, 2.45) is 0 Å². The van der Waals surface area contributed by atoms with Gasteiger partial charge >= 0.3 is 0 Å². The number of carbonyl (C=O) groups is 1. The second-order valence-corrected chi connectivity index (χ2v) is 7.09. The van der Waals surface area contributed by atoms with E-state index in [1.54, 1.807) is 11.8 Å². The average Bonchev–Trinajstić information content (AvgIpc) is 3.03. The molecule has 2 aromatic rings. The number of nitrogens with zero attached hydrogens (tertiary/aromatic N) is 2. The molecule has 0 saturated heterocycles. The van der Waals surface area contributed by atoms with E-state index in [1.165, 1.54) is 0 Å². The van der Waals surface area contributed by atoms with Crippen LogP contribution in [0.4, 0.5) is 0 Å². The maximum atomic E-state index is 12.9. The summed E-state index contributed by atoms with van der Waals surface area (Å²) in [5.74, 6) is 0.693. The second kappa shape index (κ2) is 9.21. The Hall–Kier alpha value is -2.38. The number of para-hydroxylation sites is 1. The summed E-state index contributed by atoms with van der Waals surface area (Å²) in [5.41, 5.74) is 3.49. The lowest BCUT2D eigenvalue weighted by Crippen LogP contribution is -2.32. The van der Waals surface area contributed by atoms with E-state index in [4.69, 9.17) is 14.2 Å². The molecular formula is C21H29N3O4. The predicted molar refractivity (Wildman–Crippen MR) is 106 cm³/mol. The standard InChI is InChI=1S/C21H29N3O4/c1-14-7-5-6-8-18(14)27-11-9-22-21(25)20-17-13-15(2)28-16(3)19(17)23-24(20)10-12-26-4/h5-8,15-16H,9-13H2,1-4H3,(H,22,25)/t15-,16+/m0/s1. The van der Waals surface area contributed by atoms with Crippen molar-refractivity contribution in [2.75, 3.05) is 26.9 Å². The van der Waals surface area contributed by atoms with E-state index in [-0.39, 0.29) is 18.1 Å². The molecule has 1 aliphatic rings. The number of ether oxygens (including phenoxy) is 3. The molecule has 1 aromatic carbocycles. The molecule has 0 fully saturated rings. The molecule has 28 heavy (non-hydrogen) atoms. The number of benzene rings is 1. The van der Waals surface area contributed by atoms with E-state index in [1.807, 2.05) is 45.0 Å². The molecule has 7 heteroatoms. The summed E-state index contributed by atoms with van der Waals surface area (Å²) in [4.78, 5) is 12.9. The molecule has 0 unspecified atom stereocenters. The van der Waals surface area contributed by atoms with E-state index < -0.39 is 0 Å². The number of hydrogen-bond acceptors (Lipinski definition) is 5. The smallest absolute Gasteiger partial charge is 0.269 e. The lowest BCUT2D eigenvalue weighted by atomic mass is 9.99. The SMILES string of the molecule is COCCn1nc2c(c1C(=O)NCCOc1ccccc1C)C[C@H](C)O[C@@H]2C. The van der Waals surface area contributed by atoms with Gasteiger partial charge in [-0.3, -0.25) is 9.48 Å². The third-order valence-corrected chi connectivity index (χ3v) is 4.86.